The van der Waals surface area contributed by atoms with E-state index in [-0.39, 0.29) is 16.9 Å². The molecule has 1 heterocycles. The number of hydrogen-bond acceptors (Lipinski definition) is 4. The van der Waals surface area contributed by atoms with Gasteiger partial charge in [-0.3, -0.25) is 0 Å². The lowest BCUT2D eigenvalue weighted by atomic mass is 10.1. The van der Waals surface area contributed by atoms with Crippen molar-refractivity contribution in [2.24, 2.45) is 11.7 Å². The van der Waals surface area contributed by atoms with E-state index in [2.05, 4.69) is 4.72 Å². The summed E-state index contributed by atoms with van der Waals surface area (Å²) in [7, 11) is 0.344. The quantitative estimate of drug-likeness (QED) is 0.744. The first kappa shape index (κ1) is 18.2. The van der Waals surface area contributed by atoms with Gasteiger partial charge in [0.15, 0.2) is 0 Å². The highest BCUT2D eigenvalue weighted by atomic mass is 32.2. The highest BCUT2D eigenvalue weighted by Crippen LogP contribution is 2.16. The van der Waals surface area contributed by atoms with E-state index in [9.17, 15) is 8.42 Å². The summed E-state index contributed by atoms with van der Waals surface area (Å²) in [5.41, 5.74) is 6.48. The SMILES string of the molecule is CCn1cc(S(=O)(=O)NC(CN(C)C)C(C)C)cc1CN. The van der Waals surface area contributed by atoms with Gasteiger partial charge in [-0.05, 0) is 33.0 Å². The number of rotatable bonds is 8. The second-order valence-corrected chi connectivity index (χ2v) is 7.61. The van der Waals surface area contributed by atoms with E-state index in [1.165, 1.54) is 0 Å². The molecule has 1 atom stereocenters. The Bertz CT molecular complexity index is 528. The maximum absolute atomic E-state index is 12.5. The first-order chi connectivity index (χ1) is 9.71. The molecule has 0 spiro atoms. The van der Waals surface area contributed by atoms with Crippen molar-refractivity contribution in [3.8, 4) is 0 Å². The van der Waals surface area contributed by atoms with Gasteiger partial charge in [0.25, 0.3) is 0 Å². The third-order valence-electron chi connectivity index (χ3n) is 3.49. The van der Waals surface area contributed by atoms with Crippen LogP contribution in [0.1, 0.15) is 26.5 Å². The second kappa shape index (κ2) is 7.40. The molecule has 0 aliphatic carbocycles. The van der Waals surface area contributed by atoms with Crippen LogP contribution >= 0.6 is 0 Å². The van der Waals surface area contributed by atoms with Crippen molar-refractivity contribution in [2.45, 2.75) is 44.8 Å². The van der Waals surface area contributed by atoms with Crippen molar-refractivity contribution in [1.29, 1.82) is 0 Å². The number of sulfonamides is 1. The van der Waals surface area contributed by atoms with Gasteiger partial charge in [0.1, 0.15) is 0 Å². The molecule has 6 nitrogen and oxygen atoms in total. The van der Waals surface area contributed by atoms with Crippen molar-refractivity contribution in [3.63, 3.8) is 0 Å². The summed E-state index contributed by atoms with van der Waals surface area (Å²) in [5, 5.41) is 0. The van der Waals surface area contributed by atoms with E-state index in [1.54, 1.807) is 12.3 Å². The lowest BCUT2D eigenvalue weighted by molar-refractivity contribution is 0.314. The number of nitrogens with two attached hydrogens (primary N) is 1. The minimum atomic E-state index is -3.53. The molecule has 1 unspecified atom stereocenters. The molecule has 0 amide bonds. The summed E-state index contributed by atoms with van der Waals surface area (Å²) in [4.78, 5) is 2.27. The van der Waals surface area contributed by atoms with Crippen LogP contribution in [-0.2, 0) is 23.1 Å². The molecule has 7 heteroatoms. The maximum atomic E-state index is 12.5. The molecule has 0 aliphatic rings. The third-order valence-corrected chi connectivity index (χ3v) is 4.95. The van der Waals surface area contributed by atoms with Crippen LogP contribution in [0.2, 0.25) is 0 Å². The Balaban J connectivity index is 3.01. The molecule has 0 saturated heterocycles. The van der Waals surface area contributed by atoms with Crippen molar-refractivity contribution in [2.75, 3.05) is 20.6 Å². The molecule has 0 aliphatic heterocycles. The van der Waals surface area contributed by atoms with Crippen LogP contribution in [-0.4, -0.2) is 44.6 Å². The molecule has 0 aromatic carbocycles. The number of hydrogen-bond donors (Lipinski definition) is 2. The molecule has 122 valence electrons. The van der Waals surface area contributed by atoms with Gasteiger partial charge in [-0.2, -0.15) is 0 Å². The number of nitrogens with one attached hydrogen (secondary N) is 1. The third kappa shape index (κ3) is 4.81. The zero-order valence-electron chi connectivity index (χ0n) is 13.6. The standard InChI is InChI=1S/C14H28N4O2S/c1-6-18-9-13(7-12(18)8-15)21(19,20)16-14(11(2)3)10-17(4)5/h7,9,11,14,16H,6,8,10,15H2,1-5H3. The number of nitrogens with zero attached hydrogens (tertiary/aromatic N) is 2. The minimum absolute atomic E-state index is 0.128. The molecule has 0 bridgehead atoms. The molecule has 1 aromatic heterocycles. The first-order valence-electron chi connectivity index (χ1n) is 7.27. The van der Waals surface area contributed by atoms with Crippen molar-refractivity contribution >= 4 is 10.0 Å². The average molecular weight is 316 g/mol. The topological polar surface area (TPSA) is 80.4 Å². The summed E-state index contributed by atoms with van der Waals surface area (Å²) >= 11 is 0. The van der Waals surface area contributed by atoms with Crippen LogP contribution in [0.15, 0.2) is 17.2 Å². The molecular formula is C14H28N4O2S. The van der Waals surface area contributed by atoms with E-state index in [0.717, 1.165) is 5.69 Å². The van der Waals surface area contributed by atoms with Crippen LogP contribution in [0.3, 0.4) is 0 Å². The highest BCUT2D eigenvalue weighted by Gasteiger charge is 2.24. The van der Waals surface area contributed by atoms with Gasteiger partial charge in [-0.15, -0.1) is 0 Å². The van der Waals surface area contributed by atoms with E-state index < -0.39 is 10.0 Å². The summed E-state index contributed by atoms with van der Waals surface area (Å²) in [6.45, 7) is 7.68. The summed E-state index contributed by atoms with van der Waals surface area (Å²) in [6.07, 6.45) is 1.65. The molecule has 3 N–H and O–H groups in total. The van der Waals surface area contributed by atoms with E-state index >= 15 is 0 Å². The van der Waals surface area contributed by atoms with Crippen molar-refractivity contribution in [1.82, 2.24) is 14.2 Å². The smallest absolute Gasteiger partial charge is 0.242 e. The van der Waals surface area contributed by atoms with E-state index in [1.807, 2.05) is 44.3 Å². The van der Waals surface area contributed by atoms with Gasteiger partial charge in [0.2, 0.25) is 10.0 Å². The Kier molecular flexibility index (Phi) is 6.40. The average Bonchev–Trinajstić information content (AvgIpc) is 2.80. The minimum Gasteiger partial charge on any atom is -0.349 e. The van der Waals surface area contributed by atoms with Gasteiger partial charge in [0.05, 0.1) is 4.90 Å². The number of aromatic nitrogens is 1. The van der Waals surface area contributed by atoms with Gasteiger partial charge in [0, 0.05) is 37.6 Å². The van der Waals surface area contributed by atoms with E-state index in [4.69, 9.17) is 5.73 Å². The Morgan fingerprint density at radius 2 is 2.00 bits per heavy atom. The predicted octanol–water partition coefficient (Wildman–Crippen LogP) is 0.831. The van der Waals surface area contributed by atoms with Crippen LogP contribution in [0.5, 0.6) is 0 Å². The van der Waals surface area contributed by atoms with Crippen LogP contribution in [0, 0.1) is 5.92 Å². The lowest BCUT2D eigenvalue weighted by Crippen LogP contribution is -2.44. The normalized spacial score (nSPS) is 14.1. The predicted molar refractivity (Wildman–Crippen MR) is 85.5 cm³/mol. The fourth-order valence-electron chi connectivity index (χ4n) is 2.18. The fraction of sp³-hybridized carbons (Fsp3) is 0.714. The van der Waals surface area contributed by atoms with Crippen LogP contribution < -0.4 is 10.5 Å². The Labute approximate surface area is 128 Å². The van der Waals surface area contributed by atoms with Gasteiger partial charge < -0.3 is 15.2 Å². The second-order valence-electron chi connectivity index (χ2n) is 5.89. The van der Waals surface area contributed by atoms with Gasteiger partial charge >= 0.3 is 0 Å². The van der Waals surface area contributed by atoms with Gasteiger partial charge in [-0.1, -0.05) is 13.8 Å². The summed E-state index contributed by atoms with van der Waals surface area (Å²) in [5.74, 6) is 0.212. The van der Waals surface area contributed by atoms with Crippen molar-refractivity contribution in [3.05, 3.63) is 18.0 Å². The highest BCUT2D eigenvalue weighted by molar-refractivity contribution is 7.89. The summed E-state index contributed by atoms with van der Waals surface area (Å²) < 4.78 is 29.8. The Morgan fingerprint density at radius 3 is 2.38 bits per heavy atom. The maximum Gasteiger partial charge on any atom is 0.242 e. The van der Waals surface area contributed by atoms with Crippen molar-refractivity contribution < 1.29 is 8.42 Å². The Morgan fingerprint density at radius 1 is 1.38 bits per heavy atom. The van der Waals surface area contributed by atoms with E-state index in [0.29, 0.717) is 19.6 Å². The zero-order valence-corrected chi connectivity index (χ0v) is 14.4. The summed E-state index contributed by atoms with van der Waals surface area (Å²) in [6, 6.07) is 1.52. The molecular weight excluding hydrogens is 288 g/mol. The molecule has 1 aromatic rings. The van der Waals surface area contributed by atoms with Crippen LogP contribution in [0.25, 0.3) is 0 Å². The first-order valence-corrected chi connectivity index (χ1v) is 8.75. The fourth-order valence-corrected chi connectivity index (χ4v) is 3.62. The molecule has 0 radical (unpaired) electrons. The molecule has 1 rings (SSSR count). The largest absolute Gasteiger partial charge is 0.349 e. The molecule has 0 saturated carbocycles. The number of likely N-dealkylation sites (N-methyl/N-ethyl adjacent to an activating group) is 1. The lowest BCUT2D eigenvalue weighted by Gasteiger charge is -2.25. The Hall–Kier alpha value is -0.890. The van der Waals surface area contributed by atoms with Gasteiger partial charge in [-0.25, -0.2) is 13.1 Å². The molecule has 0 fully saturated rings. The molecule has 21 heavy (non-hydrogen) atoms. The van der Waals surface area contributed by atoms with Crippen LogP contribution in [0.4, 0.5) is 0 Å². The zero-order chi connectivity index (χ0) is 16.2. The number of aryl methyl sites for hydroxylation is 1. The monoisotopic (exact) mass is 316 g/mol.